The molecule has 4 heteroatoms. The van der Waals surface area contributed by atoms with Gasteiger partial charge in [0.25, 0.3) is 0 Å². The lowest BCUT2D eigenvalue weighted by molar-refractivity contribution is 0.248. The zero-order valence-corrected chi connectivity index (χ0v) is 14.0. The Balaban J connectivity index is 1.67. The summed E-state index contributed by atoms with van der Waals surface area (Å²) in [5, 5.41) is 2.28. The molecule has 2 heterocycles. The van der Waals surface area contributed by atoms with Crippen molar-refractivity contribution in [3.63, 3.8) is 0 Å². The van der Waals surface area contributed by atoms with Gasteiger partial charge in [0.15, 0.2) is 0 Å². The van der Waals surface area contributed by atoms with Gasteiger partial charge < -0.3 is 5.43 Å². The summed E-state index contributed by atoms with van der Waals surface area (Å²) in [4.78, 5) is 1.19. The minimum atomic E-state index is -0.874. The van der Waals surface area contributed by atoms with Gasteiger partial charge in [0.05, 0.1) is 21.7 Å². The van der Waals surface area contributed by atoms with Crippen LogP contribution in [0, 0.1) is 6.92 Å². The summed E-state index contributed by atoms with van der Waals surface area (Å²) in [6, 6.07) is 8.54. The number of nitrogens with one attached hydrogen (secondary N) is 1. The van der Waals surface area contributed by atoms with Crippen molar-refractivity contribution in [2.75, 3.05) is 13.6 Å². The third-order valence-corrected chi connectivity index (χ3v) is 6.93. The standard InChI is InChI=1S/C18H22N2OS/c1-12-3-5-13(6-4-12)17-11-15-16(22(17)21)8-7-14-9-10-20(2)19-18(14)15/h3-6,17,19H,7-11H2,1-2H3. The van der Waals surface area contributed by atoms with Gasteiger partial charge in [-0.15, -0.1) is 0 Å². The van der Waals surface area contributed by atoms with E-state index in [1.54, 1.807) is 0 Å². The summed E-state index contributed by atoms with van der Waals surface area (Å²) >= 11 is 0. The molecule has 0 fully saturated rings. The molecule has 2 atom stereocenters. The smallest absolute Gasteiger partial charge is 0.0682 e. The molecule has 0 saturated carbocycles. The molecule has 0 saturated heterocycles. The average molecular weight is 314 g/mol. The number of hydrazine groups is 1. The van der Waals surface area contributed by atoms with Crippen molar-refractivity contribution in [1.29, 1.82) is 0 Å². The van der Waals surface area contributed by atoms with Gasteiger partial charge in [-0.05, 0) is 49.3 Å². The van der Waals surface area contributed by atoms with Gasteiger partial charge in [0, 0.05) is 18.5 Å². The van der Waals surface area contributed by atoms with E-state index in [4.69, 9.17) is 0 Å². The molecular weight excluding hydrogens is 292 g/mol. The molecule has 116 valence electrons. The van der Waals surface area contributed by atoms with E-state index in [1.807, 2.05) is 0 Å². The highest BCUT2D eigenvalue weighted by Gasteiger charge is 2.38. The van der Waals surface area contributed by atoms with Gasteiger partial charge in [-0.2, -0.15) is 0 Å². The second-order valence-electron chi connectivity index (χ2n) is 6.56. The molecule has 2 unspecified atom stereocenters. The van der Waals surface area contributed by atoms with Gasteiger partial charge in [-0.25, -0.2) is 5.01 Å². The van der Waals surface area contributed by atoms with Crippen LogP contribution in [0.4, 0.5) is 0 Å². The van der Waals surface area contributed by atoms with Crippen LogP contribution >= 0.6 is 0 Å². The van der Waals surface area contributed by atoms with Gasteiger partial charge in [-0.3, -0.25) is 4.21 Å². The van der Waals surface area contributed by atoms with E-state index in [9.17, 15) is 4.21 Å². The van der Waals surface area contributed by atoms with Gasteiger partial charge in [-0.1, -0.05) is 29.8 Å². The summed E-state index contributed by atoms with van der Waals surface area (Å²) in [6.45, 7) is 3.16. The SMILES string of the molecule is Cc1ccc(C2CC3=C(CCC4=C3NN(C)CC4)S2=O)cc1. The average Bonchev–Trinajstić information content (AvgIpc) is 2.86. The second kappa shape index (κ2) is 5.36. The van der Waals surface area contributed by atoms with Crippen LogP contribution in [0.1, 0.15) is 42.1 Å². The summed E-state index contributed by atoms with van der Waals surface area (Å²) < 4.78 is 13.0. The molecule has 0 amide bonds. The predicted octanol–water partition coefficient (Wildman–Crippen LogP) is 3.33. The number of hydrogen-bond acceptors (Lipinski definition) is 3. The molecule has 0 radical (unpaired) electrons. The van der Waals surface area contributed by atoms with E-state index >= 15 is 0 Å². The van der Waals surface area contributed by atoms with Crippen molar-refractivity contribution in [2.24, 2.45) is 0 Å². The topological polar surface area (TPSA) is 32.3 Å². The van der Waals surface area contributed by atoms with E-state index in [0.29, 0.717) is 0 Å². The van der Waals surface area contributed by atoms with Crippen LogP contribution in [-0.2, 0) is 10.8 Å². The molecule has 0 bridgehead atoms. The predicted molar refractivity (Wildman–Crippen MR) is 90.3 cm³/mol. The number of benzene rings is 1. The molecule has 1 N–H and O–H groups in total. The first kappa shape index (κ1) is 14.2. The van der Waals surface area contributed by atoms with Crippen LogP contribution < -0.4 is 5.43 Å². The minimum absolute atomic E-state index is 0.131. The Morgan fingerprint density at radius 3 is 2.73 bits per heavy atom. The zero-order chi connectivity index (χ0) is 15.3. The highest BCUT2D eigenvalue weighted by atomic mass is 32.2. The largest absolute Gasteiger partial charge is 0.319 e. The van der Waals surface area contributed by atoms with Gasteiger partial charge in [0.2, 0.25) is 0 Å². The molecule has 2 aliphatic heterocycles. The van der Waals surface area contributed by atoms with Gasteiger partial charge in [0.1, 0.15) is 0 Å². The summed E-state index contributed by atoms with van der Waals surface area (Å²) in [5.74, 6) is 0. The first-order chi connectivity index (χ1) is 10.6. The molecule has 22 heavy (non-hydrogen) atoms. The lowest BCUT2D eigenvalue weighted by Crippen LogP contribution is -2.40. The number of fused-ring (bicyclic) bond motifs is 1. The maximum Gasteiger partial charge on any atom is 0.0682 e. The Labute approximate surface area is 134 Å². The van der Waals surface area contributed by atoms with E-state index in [-0.39, 0.29) is 5.25 Å². The third-order valence-electron chi connectivity index (χ3n) is 5.04. The molecule has 1 aromatic carbocycles. The van der Waals surface area contributed by atoms with Crippen LogP contribution in [-0.4, -0.2) is 22.8 Å². The highest BCUT2D eigenvalue weighted by molar-refractivity contribution is 7.89. The lowest BCUT2D eigenvalue weighted by Gasteiger charge is -2.33. The summed E-state index contributed by atoms with van der Waals surface area (Å²) in [7, 11) is 1.21. The Morgan fingerprint density at radius 1 is 1.18 bits per heavy atom. The normalized spacial score (nSPS) is 28.5. The van der Waals surface area contributed by atoms with Crippen molar-refractivity contribution >= 4 is 10.8 Å². The summed E-state index contributed by atoms with van der Waals surface area (Å²) in [5.41, 5.74) is 10.1. The zero-order valence-electron chi connectivity index (χ0n) is 13.2. The molecule has 3 nitrogen and oxygen atoms in total. The fourth-order valence-electron chi connectivity index (χ4n) is 3.73. The maximum absolute atomic E-state index is 13.0. The Morgan fingerprint density at radius 2 is 1.95 bits per heavy atom. The van der Waals surface area contributed by atoms with E-state index in [2.05, 4.69) is 48.7 Å². The minimum Gasteiger partial charge on any atom is -0.319 e. The van der Waals surface area contributed by atoms with Crippen LogP contribution in [0.15, 0.2) is 46.0 Å². The number of allylic oxidation sites excluding steroid dienone is 2. The Bertz CT molecular complexity index is 702. The van der Waals surface area contributed by atoms with E-state index in [1.165, 1.54) is 32.9 Å². The first-order valence-corrected chi connectivity index (χ1v) is 9.24. The van der Waals surface area contributed by atoms with Crippen molar-refractivity contribution < 1.29 is 4.21 Å². The van der Waals surface area contributed by atoms with Crippen LogP contribution in [0.2, 0.25) is 0 Å². The molecule has 1 aliphatic carbocycles. The monoisotopic (exact) mass is 314 g/mol. The second-order valence-corrected chi connectivity index (χ2v) is 8.22. The quantitative estimate of drug-likeness (QED) is 0.863. The molecule has 3 aliphatic rings. The Kier molecular flexibility index (Phi) is 3.46. The number of rotatable bonds is 1. The van der Waals surface area contributed by atoms with Crippen molar-refractivity contribution in [3.05, 3.63) is 57.1 Å². The molecule has 0 aromatic heterocycles. The van der Waals surface area contributed by atoms with Crippen molar-refractivity contribution in [2.45, 2.75) is 37.9 Å². The van der Waals surface area contributed by atoms with Crippen molar-refractivity contribution in [1.82, 2.24) is 10.4 Å². The summed E-state index contributed by atoms with van der Waals surface area (Å²) in [6.07, 6.45) is 4.10. The molecule has 4 rings (SSSR count). The number of hydrogen-bond donors (Lipinski definition) is 1. The molecular formula is C18H22N2OS. The third kappa shape index (κ3) is 2.25. The van der Waals surface area contributed by atoms with E-state index < -0.39 is 10.8 Å². The fourth-order valence-corrected chi connectivity index (χ4v) is 5.53. The molecule has 1 aromatic rings. The molecule has 0 spiro atoms. The maximum atomic E-state index is 13.0. The van der Waals surface area contributed by atoms with Crippen LogP contribution in [0.5, 0.6) is 0 Å². The fraction of sp³-hybridized carbons (Fsp3) is 0.444. The lowest BCUT2D eigenvalue weighted by atomic mass is 9.89. The number of nitrogens with zero attached hydrogens (tertiary/aromatic N) is 1. The van der Waals surface area contributed by atoms with Crippen LogP contribution in [0.3, 0.4) is 0 Å². The highest BCUT2D eigenvalue weighted by Crippen LogP contribution is 2.47. The number of aryl methyl sites for hydroxylation is 1. The van der Waals surface area contributed by atoms with Crippen molar-refractivity contribution in [3.8, 4) is 0 Å². The first-order valence-electron chi connectivity index (χ1n) is 8.03. The van der Waals surface area contributed by atoms with Gasteiger partial charge >= 0.3 is 0 Å². The van der Waals surface area contributed by atoms with E-state index in [0.717, 1.165) is 32.2 Å². The Hall–Kier alpha value is -1.39. The van der Waals surface area contributed by atoms with Crippen LogP contribution in [0.25, 0.3) is 0 Å².